The number of rotatable bonds is 3. The lowest BCUT2D eigenvalue weighted by molar-refractivity contribution is 0.542. The molecule has 0 aliphatic carbocycles. The van der Waals surface area contributed by atoms with Crippen molar-refractivity contribution in [2.45, 2.75) is 52.5 Å². The Balaban J connectivity index is 2.66. The molecule has 0 atom stereocenters. The minimum absolute atomic E-state index is 0.161. The van der Waals surface area contributed by atoms with Gasteiger partial charge in [0.15, 0.2) is 0 Å². The fourth-order valence-electron chi connectivity index (χ4n) is 2.38. The highest BCUT2D eigenvalue weighted by molar-refractivity contribution is 5.83. The SMILES string of the molecule is CC(C)n1nc(CCN)c2ccc(C(C)(C)C)cc21. The molecule has 2 aromatic rings. The maximum Gasteiger partial charge on any atom is 0.0716 e. The summed E-state index contributed by atoms with van der Waals surface area (Å²) in [6.07, 6.45) is 0.838. The summed E-state index contributed by atoms with van der Waals surface area (Å²) in [6, 6.07) is 7.06. The molecule has 1 aromatic heterocycles. The smallest absolute Gasteiger partial charge is 0.0716 e. The Kier molecular flexibility index (Phi) is 3.68. The number of nitrogens with zero attached hydrogens (tertiary/aromatic N) is 2. The molecular weight excluding hydrogens is 234 g/mol. The molecule has 19 heavy (non-hydrogen) atoms. The van der Waals surface area contributed by atoms with E-state index in [9.17, 15) is 0 Å². The standard InChI is InChI=1S/C16H25N3/c1-11(2)19-15-10-12(16(3,4)5)6-7-13(15)14(18-19)8-9-17/h6-7,10-11H,8-9,17H2,1-5H3. The van der Waals surface area contributed by atoms with Crippen LogP contribution in [0.1, 0.15) is 51.9 Å². The minimum Gasteiger partial charge on any atom is -0.330 e. The molecule has 0 saturated heterocycles. The van der Waals surface area contributed by atoms with Crippen LogP contribution < -0.4 is 5.73 Å². The van der Waals surface area contributed by atoms with Crippen molar-refractivity contribution in [1.29, 1.82) is 0 Å². The highest BCUT2D eigenvalue weighted by Crippen LogP contribution is 2.29. The molecule has 0 aliphatic heterocycles. The third kappa shape index (κ3) is 2.66. The predicted octanol–water partition coefficient (Wildman–Crippen LogP) is 3.42. The van der Waals surface area contributed by atoms with Crippen molar-refractivity contribution in [2.24, 2.45) is 5.73 Å². The maximum absolute atomic E-state index is 5.69. The molecule has 2 rings (SSSR count). The van der Waals surface area contributed by atoms with Gasteiger partial charge in [-0.15, -0.1) is 0 Å². The summed E-state index contributed by atoms with van der Waals surface area (Å²) in [6.45, 7) is 11.7. The van der Waals surface area contributed by atoms with Crippen LogP contribution >= 0.6 is 0 Å². The van der Waals surface area contributed by atoms with Gasteiger partial charge in [0.1, 0.15) is 0 Å². The summed E-state index contributed by atoms with van der Waals surface area (Å²) in [7, 11) is 0. The van der Waals surface area contributed by atoms with Crippen LogP contribution in [-0.4, -0.2) is 16.3 Å². The summed E-state index contributed by atoms with van der Waals surface area (Å²) < 4.78 is 2.12. The van der Waals surface area contributed by atoms with Gasteiger partial charge >= 0.3 is 0 Å². The van der Waals surface area contributed by atoms with Crippen molar-refractivity contribution < 1.29 is 0 Å². The van der Waals surface area contributed by atoms with E-state index in [1.807, 2.05) is 0 Å². The number of hydrogen-bond donors (Lipinski definition) is 1. The van der Waals surface area contributed by atoms with E-state index in [4.69, 9.17) is 10.8 Å². The molecule has 1 heterocycles. The van der Waals surface area contributed by atoms with E-state index < -0.39 is 0 Å². The maximum atomic E-state index is 5.69. The second kappa shape index (κ2) is 4.97. The topological polar surface area (TPSA) is 43.8 Å². The lowest BCUT2D eigenvalue weighted by Crippen LogP contribution is -2.11. The van der Waals surface area contributed by atoms with Crippen LogP contribution in [0.3, 0.4) is 0 Å². The Bertz CT molecular complexity index is 573. The highest BCUT2D eigenvalue weighted by atomic mass is 15.3. The first kappa shape index (κ1) is 14.1. The number of hydrogen-bond acceptors (Lipinski definition) is 2. The molecule has 0 unspecified atom stereocenters. The minimum atomic E-state index is 0.161. The average molecular weight is 259 g/mol. The third-order valence-corrected chi connectivity index (χ3v) is 3.52. The number of benzene rings is 1. The van der Waals surface area contributed by atoms with Crippen molar-refractivity contribution >= 4 is 10.9 Å². The number of fused-ring (bicyclic) bond motifs is 1. The Labute approximate surface area is 115 Å². The molecule has 0 amide bonds. The summed E-state index contributed by atoms with van der Waals surface area (Å²) in [5.74, 6) is 0. The Morgan fingerprint density at radius 3 is 2.47 bits per heavy atom. The third-order valence-electron chi connectivity index (χ3n) is 3.52. The molecular formula is C16H25N3. The summed E-state index contributed by atoms with van der Waals surface area (Å²) in [5.41, 5.74) is 9.54. The van der Waals surface area contributed by atoms with Crippen LogP contribution in [0.15, 0.2) is 18.2 Å². The van der Waals surface area contributed by atoms with Gasteiger partial charge in [-0.3, -0.25) is 4.68 Å². The van der Waals surface area contributed by atoms with Gasteiger partial charge in [0.2, 0.25) is 0 Å². The lowest BCUT2D eigenvalue weighted by Gasteiger charge is -2.19. The Morgan fingerprint density at radius 1 is 1.26 bits per heavy atom. The van der Waals surface area contributed by atoms with Crippen LogP contribution in [0.4, 0.5) is 0 Å². The second-order valence-electron chi connectivity index (χ2n) is 6.51. The molecule has 0 saturated carbocycles. The lowest BCUT2D eigenvalue weighted by atomic mass is 9.86. The van der Waals surface area contributed by atoms with E-state index in [0.29, 0.717) is 12.6 Å². The normalized spacial score (nSPS) is 12.6. The Hall–Kier alpha value is -1.35. The largest absolute Gasteiger partial charge is 0.330 e. The van der Waals surface area contributed by atoms with Crippen LogP contribution in [0.25, 0.3) is 10.9 Å². The fourth-order valence-corrected chi connectivity index (χ4v) is 2.38. The van der Waals surface area contributed by atoms with E-state index in [1.54, 1.807) is 0 Å². The van der Waals surface area contributed by atoms with E-state index >= 15 is 0 Å². The average Bonchev–Trinajstić information content (AvgIpc) is 2.67. The molecule has 2 N–H and O–H groups in total. The van der Waals surface area contributed by atoms with Gasteiger partial charge in [-0.2, -0.15) is 5.10 Å². The molecule has 0 spiro atoms. The molecule has 0 aliphatic rings. The zero-order valence-electron chi connectivity index (χ0n) is 12.7. The van der Waals surface area contributed by atoms with E-state index in [1.165, 1.54) is 16.5 Å². The van der Waals surface area contributed by atoms with Crippen LogP contribution in [-0.2, 0) is 11.8 Å². The summed E-state index contributed by atoms with van der Waals surface area (Å²) in [5, 5.41) is 5.98. The molecule has 3 nitrogen and oxygen atoms in total. The summed E-state index contributed by atoms with van der Waals surface area (Å²) >= 11 is 0. The van der Waals surface area contributed by atoms with Crippen molar-refractivity contribution in [3.05, 3.63) is 29.5 Å². The zero-order chi connectivity index (χ0) is 14.2. The number of aromatic nitrogens is 2. The van der Waals surface area contributed by atoms with Crippen LogP contribution in [0.2, 0.25) is 0 Å². The molecule has 0 radical (unpaired) electrons. The molecule has 0 fully saturated rings. The zero-order valence-corrected chi connectivity index (χ0v) is 12.7. The van der Waals surface area contributed by atoms with Crippen molar-refractivity contribution in [1.82, 2.24) is 9.78 Å². The van der Waals surface area contributed by atoms with E-state index in [0.717, 1.165) is 12.1 Å². The van der Waals surface area contributed by atoms with Crippen molar-refractivity contribution in [3.8, 4) is 0 Å². The Morgan fingerprint density at radius 2 is 1.95 bits per heavy atom. The van der Waals surface area contributed by atoms with E-state index in [-0.39, 0.29) is 5.41 Å². The van der Waals surface area contributed by atoms with Gasteiger partial charge in [0.25, 0.3) is 0 Å². The van der Waals surface area contributed by atoms with E-state index in [2.05, 4.69) is 57.5 Å². The first-order chi connectivity index (χ1) is 8.84. The first-order valence-electron chi connectivity index (χ1n) is 7.06. The van der Waals surface area contributed by atoms with Gasteiger partial charge in [0.05, 0.1) is 11.2 Å². The van der Waals surface area contributed by atoms with Gasteiger partial charge < -0.3 is 5.73 Å². The first-order valence-corrected chi connectivity index (χ1v) is 7.06. The predicted molar refractivity (Wildman–Crippen MR) is 81.6 cm³/mol. The molecule has 3 heteroatoms. The monoisotopic (exact) mass is 259 g/mol. The summed E-state index contributed by atoms with van der Waals surface area (Å²) in [4.78, 5) is 0. The van der Waals surface area contributed by atoms with Gasteiger partial charge in [-0.1, -0.05) is 32.9 Å². The quantitative estimate of drug-likeness (QED) is 0.918. The van der Waals surface area contributed by atoms with Crippen molar-refractivity contribution in [2.75, 3.05) is 6.54 Å². The van der Waals surface area contributed by atoms with Gasteiger partial charge in [-0.05, 0) is 37.4 Å². The molecule has 104 valence electrons. The van der Waals surface area contributed by atoms with Crippen LogP contribution in [0.5, 0.6) is 0 Å². The second-order valence-corrected chi connectivity index (χ2v) is 6.51. The van der Waals surface area contributed by atoms with Gasteiger partial charge in [0, 0.05) is 17.8 Å². The molecule has 0 bridgehead atoms. The molecule has 1 aromatic carbocycles. The van der Waals surface area contributed by atoms with Gasteiger partial charge in [-0.25, -0.2) is 0 Å². The number of nitrogens with two attached hydrogens (primary N) is 1. The van der Waals surface area contributed by atoms with Crippen LogP contribution in [0, 0.1) is 0 Å². The highest BCUT2D eigenvalue weighted by Gasteiger charge is 2.18. The fraction of sp³-hybridized carbons (Fsp3) is 0.562. The van der Waals surface area contributed by atoms with Crippen molar-refractivity contribution in [3.63, 3.8) is 0 Å².